The molecular formula is C11H12N4S. The first kappa shape index (κ1) is 9.72. The minimum absolute atomic E-state index is 0.632. The maximum absolute atomic E-state index is 4.58. The van der Waals surface area contributed by atoms with Crippen LogP contribution in [0.15, 0.2) is 17.0 Å². The number of nitrogens with zero attached hydrogens (tertiary/aromatic N) is 3. The standard InChI is InChI=1S/C11H12N4S/c1-12-10-4-8(7-2-3-7)14-11(15-10)9-5-16-6-13-9/h4-7H,2-3H2,1H3,(H,12,14,15). The molecule has 2 aromatic heterocycles. The van der Waals surface area contributed by atoms with Gasteiger partial charge in [-0.15, -0.1) is 11.3 Å². The lowest BCUT2D eigenvalue weighted by Crippen LogP contribution is -2.00. The third kappa shape index (κ3) is 1.78. The number of anilines is 1. The first-order chi connectivity index (χ1) is 7.86. The highest BCUT2D eigenvalue weighted by Crippen LogP contribution is 2.40. The van der Waals surface area contributed by atoms with Gasteiger partial charge < -0.3 is 5.32 Å². The Hall–Kier alpha value is -1.49. The summed E-state index contributed by atoms with van der Waals surface area (Å²) in [5, 5.41) is 5.05. The monoisotopic (exact) mass is 232 g/mol. The maximum atomic E-state index is 4.58. The molecule has 2 aromatic rings. The van der Waals surface area contributed by atoms with Crippen molar-refractivity contribution in [1.29, 1.82) is 0 Å². The summed E-state index contributed by atoms with van der Waals surface area (Å²) in [4.78, 5) is 13.3. The number of aromatic nitrogens is 3. The summed E-state index contributed by atoms with van der Waals surface area (Å²) in [5.74, 6) is 2.24. The summed E-state index contributed by atoms with van der Waals surface area (Å²) in [6.07, 6.45) is 2.49. The molecule has 0 unspecified atom stereocenters. The van der Waals surface area contributed by atoms with Gasteiger partial charge in [-0.2, -0.15) is 0 Å². The van der Waals surface area contributed by atoms with Gasteiger partial charge in [0.05, 0.1) is 5.51 Å². The Bertz CT molecular complexity index is 491. The molecule has 0 aliphatic heterocycles. The molecule has 0 amide bonds. The third-order valence-corrected chi connectivity index (χ3v) is 3.25. The molecule has 82 valence electrons. The second kappa shape index (κ2) is 3.83. The van der Waals surface area contributed by atoms with Crippen molar-refractivity contribution >= 4 is 17.2 Å². The first-order valence-electron chi connectivity index (χ1n) is 5.32. The lowest BCUT2D eigenvalue weighted by Gasteiger charge is -2.05. The van der Waals surface area contributed by atoms with Gasteiger partial charge in [-0.3, -0.25) is 0 Å². The molecule has 4 nitrogen and oxygen atoms in total. The van der Waals surface area contributed by atoms with Crippen molar-refractivity contribution in [3.8, 4) is 11.5 Å². The van der Waals surface area contributed by atoms with Gasteiger partial charge in [0.15, 0.2) is 5.82 Å². The first-order valence-corrected chi connectivity index (χ1v) is 6.26. The summed E-state index contributed by atoms with van der Waals surface area (Å²) in [5.41, 5.74) is 3.81. The van der Waals surface area contributed by atoms with Crippen LogP contribution >= 0.6 is 11.3 Å². The highest BCUT2D eigenvalue weighted by Gasteiger charge is 2.26. The Balaban J connectivity index is 2.06. The van der Waals surface area contributed by atoms with Crippen molar-refractivity contribution in [3.05, 3.63) is 22.7 Å². The van der Waals surface area contributed by atoms with E-state index in [4.69, 9.17) is 0 Å². The second-order valence-electron chi connectivity index (χ2n) is 3.90. The van der Waals surface area contributed by atoms with Gasteiger partial charge >= 0.3 is 0 Å². The Kier molecular flexibility index (Phi) is 2.32. The molecule has 0 saturated heterocycles. The summed E-state index contributed by atoms with van der Waals surface area (Å²) in [7, 11) is 1.88. The zero-order valence-corrected chi connectivity index (χ0v) is 9.79. The van der Waals surface area contributed by atoms with Crippen LogP contribution < -0.4 is 5.32 Å². The summed E-state index contributed by atoms with van der Waals surface area (Å²) >= 11 is 1.57. The number of nitrogens with one attached hydrogen (secondary N) is 1. The van der Waals surface area contributed by atoms with E-state index in [1.54, 1.807) is 11.3 Å². The maximum Gasteiger partial charge on any atom is 0.181 e. The van der Waals surface area contributed by atoms with Crippen molar-refractivity contribution in [2.75, 3.05) is 12.4 Å². The Morgan fingerprint density at radius 2 is 2.25 bits per heavy atom. The lowest BCUT2D eigenvalue weighted by molar-refractivity contribution is 0.990. The molecule has 0 radical (unpaired) electrons. The molecule has 0 aromatic carbocycles. The van der Waals surface area contributed by atoms with E-state index in [0.29, 0.717) is 5.92 Å². The van der Waals surface area contributed by atoms with Gasteiger partial charge in [-0.25, -0.2) is 15.0 Å². The van der Waals surface area contributed by atoms with Crippen molar-refractivity contribution in [2.45, 2.75) is 18.8 Å². The largest absolute Gasteiger partial charge is 0.373 e. The number of hydrogen-bond acceptors (Lipinski definition) is 5. The van der Waals surface area contributed by atoms with Crippen LogP contribution in [0.1, 0.15) is 24.5 Å². The molecule has 0 bridgehead atoms. The molecule has 5 heteroatoms. The Labute approximate surface area is 97.8 Å². The van der Waals surface area contributed by atoms with Crippen LogP contribution in [0.2, 0.25) is 0 Å². The van der Waals surface area contributed by atoms with E-state index in [-0.39, 0.29) is 0 Å². The SMILES string of the molecule is CNc1cc(C2CC2)nc(-c2cscn2)n1. The van der Waals surface area contributed by atoms with Gasteiger partial charge in [-0.1, -0.05) is 0 Å². The van der Waals surface area contributed by atoms with E-state index in [0.717, 1.165) is 23.0 Å². The fraction of sp³-hybridized carbons (Fsp3) is 0.364. The topological polar surface area (TPSA) is 50.7 Å². The van der Waals surface area contributed by atoms with Gasteiger partial charge in [0, 0.05) is 30.1 Å². The zero-order chi connectivity index (χ0) is 11.0. The molecular weight excluding hydrogens is 220 g/mol. The molecule has 0 spiro atoms. The van der Waals surface area contributed by atoms with Crippen LogP contribution in [0.3, 0.4) is 0 Å². The molecule has 1 fully saturated rings. The molecule has 1 aliphatic rings. The average molecular weight is 232 g/mol. The van der Waals surface area contributed by atoms with Crippen LogP contribution in [-0.4, -0.2) is 22.0 Å². The van der Waals surface area contributed by atoms with Gasteiger partial charge in [0.1, 0.15) is 11.5 Å². The second-order valence-corrected chi connectivity index (χ2v) is 4.62. The van der Waals surface area contributed by atoms with Gasteiger partial charge in [0.2, 0.25) is 0 Å². The number of thiazole rings is 1. The van der Waals surface area contributed by atoms with Crippen molar-refractivity contribution < 1.29 is 0 Å². The van der Waals surface area contributed by atoms with E-state index in [1.165, 1.54) is 12.8 Å². The van der Waals surface area contributed by atoms with E-state index >= 15 is 0 Å². The van der Waals surface area contributed by atoms with Crippen LogP contribution in [0, 0.1) is 0 Å². The van der Waals surface area contributed by atoms with E-state index in [2.05, 4.69) is 20.3 Å². The van der Waals surface area contributed by atoms with Gasteiger partial charge in [0.25, 0.3) is 0 Å². The Morgan fingerprint density at radius 1 is 1.38 bits per heavy atom. The Morgan fingerprint density at radius 3 is 2.88 bits per heavy atom. The highest BCUT2D eigenvalue weighted by molar-refractivity contribution is 7.07. The minimum atomic E-state index is 0.632. The van der Waals surface area contributed by atoms with Crippen molar-refractivity contribution in [3.63, 3.8) is 0 Å². The molecule has 2 heterocycles. The lowest BCUT2D eigenvalue weighted by atomic mass is 10.2. The normalized spacial score (nSPS) is 15.1. The smallest absolute Gasteiger partial charge is 0.181 e. The number of rotatable bonds is 3. The molecule has 1 saturated carbocycles. The minimum Gasteiger partial charge on any atom is -0.373 e. The van der Waals surface area contributed by atoms with E-state index in [1.807, 2.05) is 24.0 Å². The van der Waals surface area contributed by atoms with Crippen LogP contribution in [0.25, 0.3) is 11.5 Å². The van der Waals surface area contributed by atoms with Gasteiger partial charge in [-0.05, 0) is 12.8 Å². The summed E-state index contributed by atoms with van der Waals surface area (Å²) < 4.78 is 0. The van der Waals surface area contributed by atoms with Crippen molar-refractivity contribution in [2.24, 2.45) is 0 Å². The summed E-state index contributed by atoms with van der Waals surface area (Å²) in [6.45, 7) is 0. The summed E-state index contributed by atoms with van der Waals surface area (Å²) in [6, 6.07) is 2.04. The van der Waals surface area contributed by atoms with E-state index < -0.39 is 0 Å². The molecule has 0 atom stereocenters. The molecule has 1 N–H and O–H groups in total. The predicted octanol–water partition coefficient (Wildman–Crippen LogP) is 2.52. The van der Waals surface area contributed by atoms with Crippen LogP contribution in [-0.2, 0) is 0 Å². The molecule has 3 rings (SSSR count). The predicted molar refractivity (Wildman–Crippen MR) is 64.7 cm³/mol. The van der Waals surface area contributed by atoms with Crippen LogP contribution in [0.5, 0.6) is 0 Å². The third-order valence-electron chi connectivity index (χ3n) is 2.66. The van der Waals surface area contributed by atoms with E-state index in [9.17, 15) is 0 Å². The van der Waals surface area contributed by atoms with Crippen molar-refractivity contribution in [1.82, 2.24) is 15.0 Å². The zero-order valence-electron chi connectivity index (χ0n) is 8.97. The highest BCUT2D eigenvalue weighted by atomic mass is 32.1. The fourth-order valence-corrected chi connectivity index (χ4v) is 2.15. The molecule has 16 heavy (non-hydrogen) atoms. The average Bonchev–Trinajstić information content (AvgIpc) is 3.04. The molecule has 1 aliphatic carbocycles. The quantitative estimate of drug-likeness (QED) is 0.883. The fourth-order valence-electron chi connectivity index (χ4n) is 1.62. The van der Waals surface area contributed by atoms with Crippen LogP contribution in [0.4, 0.5) is 5.82 Å². The number of hydrogen-bond donors (Lipinski definition) is 1.